The molecule has 6 heteroatoms. The highest BCUT2D eigenvalue weighted by Crippen LogP contribution is 2.21. The van der Waals surface area contributed by atoms with E-state index in [9.17, 15) is 4.79 Å². The highest BCUT2D eigenvalue weighted by molar-refractivity contribution is 7.15. The molecular formula is C21H19N3O2S. The summed E-state index contributed by atoms with van der Waals surface area (Å²) in [7, 11) is 0. The number of hydrogen-bond acceptors (Lipinski definition) is 5. The van der Waals surface area contributed by atoms with E-state index in [0.29, 0.717) is 4.53 Å². The number of aromatic nitrogens is 2. The minimum atomic E-state index is 0.000329. The Bertz CT molecular complexity index is 1250. The largest absolute Gasteiger partial charge is 0.378 e. The van der Waals surface area contributed by atoms with Gasteiger partial charge < -0.3 is 9.64 Å². The van der Waals surface area contributed by atoms with Crippen LogP contribution in [0.3, 0.4) is 0 Å². The average molecular weight is 377 g/mol. The van der Waals surface area contributed by atoms with Gasteiger partial charge in [0.15, 0.2) is 4.96 Å². The number of rotatable bonds is 2. The van der Waals surface area contributed by atoms with Crippen LogP contribution in [0.5, 0.6) is 0 Å². The van der Waals surface area contributed by atoms with Crippen molar-refractivity contribution in [3.8, 4) is 0 Å². The molecule has 27 heavy (non-hydrogen) atoms. The van der Waals surface area contributed by atoms with Crippen LogP contribution in [0.15, 0.2) is 47.3 Å². The van der Waals surface area contributed by atoms with E-state index in [1.54, 1.807) is 4.40 Å². The first-order valence-corrected chi connectivity index (χ1v) is 9.87. The summed E-state index contributed by atoms with van der Waals surface area (Å²) in [5.41, 5.74) is 5.17. The van der Waals surface area contributed by atoms with E-state index in [4.69, 9.17) is 4.74 Å². The smallest absolute Gasteiger partial charge is 0.274 e. The van der Waals surface area contributed by atoms with Gasteiger partial charge >= 0.3 is 0 Å². The lowest BCUT2D eigenvalue weighted by molar-refractivity contribution is 0.122. The van der Waals surface area contributed by atoms with Crippen molar-refractivity contribution in [3.05, 3.63) is 68.5 Å². The van der Waals surface area contributed by atoms with Gasteiger partial charge in [-0.3, -0.25) is 4.79 Å². The van der Waals surface area contributed by atoms with Crippen LogP contribution in [0.1, 0.15) is 11.1 Å². The minimum Gasteiger partial charge on any atom is -0.378 e. The first kappa shape index (κ1) is 16.5. The first-order chi connectivity index (χ1) is 13.2. The number of anilines is 1. The highest BCUT2D eigenvalue weighted by Gasteiger charge is 2.13. The molecule has 0 atom stereocenters. The third-order valence-corrected chi connectivity index (χ3v) is 6.03. The van der Waals surface area contributed by atoms with Gasteiger partial charge in [0, 0.05) is 18.8 Å². The molecule has 5 nitrogen and oxygen atoms in total. The first-order valence-electron chi connectivity index (χ1n) is 9.06. The predicted molar refractivity (Wildman–Crippen MR) is 110 cm³/mol. The molecule has 136 valence electrons. The molecule has 0 bridgehead atoms. The van der Waals surface area contributed by atoms with E-state index in [0.717, 1.165) is 53.4 Å². The molecule has 2 aromatic heterocycles. The number of nitrogens with zero attached hydrogens (tertiary/aromatic N) is 3. The summed E-state index contributed by atoms with van der Waals surface area (Å²) in [6, 6.07) is 14.2. The van der Waals surface area contributed by atoms with Crippen LogP contribution in [0.4, 0.5) is 5.69 Å². The van der Waals surface area contributed by atoms with Gasteiger partial charge in [0.25, 0.3) is 5.56 Å². The predicted octanol–water partition coefficient (Wildman–Crippen LogP) is 2.60. The summed E-state index contributed by atoms with van der Waals surface area (Å²) in [6.45, 7) is 5.48. The van der Waals surface area contributed by atoms with Crippen molar-refractivity contribution in [3.63, 3.8) is 0 Å². The van der Waals surface area contributed by atoms with Gasteiger partial charge in [0.1, 0.15) is 0 Å². The number of hydrogen-bond donors (Lipinski definition) is 0. The maximum atomic E-state index is 12.9. The number of ether oxygens (including phenoxy) is 1. The summed E-state index contributed by atoms with van der Waals surface area (Å²) in [6.07, 6.45) is 1.98. The molecule has 2 aromatic carbocycles. The van der Waals surface area contributed by atoms with Crippen LogP contribution in [0.25, 0.3) is 22.1 Å². The van der Waals surface area contributed by atoms with Crippen molar-refractivity contribution in [1.82, 2.24) is 9.38 Å². The lowest BCUT2D eigenvalue weighted by atomic mass is 10.1. The molecule has 5 rings (SSSR count). The minimum absolute atomic E-state index is 0.000329. The van der Waals surface area contributed by atoms with Crippen LogP contribution in [-0.2, 0) is 4.74 Å². The maximum Gasteiger partial charge on any atom is 0.274 e. The molecule has 0 N–H and O–H groups in total. The Morgan fingerprint density at radius 2 is 1.96 bits per heavy atom. The van der Waals surface area contributed by atoms with Crippen LogP contribution < -0.4 is 15.0 Å². The van der Waals surface area contributed by atoms with Crippen LogP contribution in [0, 0.1) is 6.92 Å². The molecule has 0 aliphatic carbocycles. The van der Waals surface area contributed by atoms with Gasteiger partial charge in [-0.15, -0.1) is 0 Å². The van der Waals surface area contributed by atoms with Crippen LogP contribution in [0.2, 0.25) is 0 Å². The normalized spacial score (nSPS) is 15.9. The van der Waals surface area contributed by atoms with E-state index in [2.05, 4.69) is 35.0 Å². The summed E-state index contributed by atoms with van der Waals surface area (Å²) >= 11 is 1.44. The van der Waals surface area contributed by atoms with E-state index >= 15 is 0 Å². The Labute approximate surface area is 160 Å². The number of aryl methyl sites for hydroxylation is 1. The summed E-state index contributed by atoms with van der Waals surface area (Å²) in [5.74, 6) is 0. The lowest BCUT2D eigenvalue weighted by Gasteiger charge is -2.29. The van der Waals surface area contributed by atoms with E-state index in [1.807, 2.05) is 30.3 Å². The van der Waals surface area contributed by atoms with Crippen molar-refractivity contribution in [2.45, 2.75) is 6.92 Å². The lowest BCUT2D eigenvalue weighted by Crippen LogP contribution is -2.36. The fourth-order valence-electron chi connectivity index (χ4n) is 3.59. The molecule has 0 unspecified atom stereocenters. The molecule has 1 aliphatic heterocycles. The molecule has 4 aromatic rings. The highest BCUT2D eigenvalue weighted by atomic mass is 32.1. The standard InChI is InChI=1S/C21H19N3O2S/c1-14-12-16(23-8-10-26-11-9-23)7-6-15(14)13-19-20(25)24-18-5-3-2-4-17(18)22-21(24)27-19/h2-7,12-13H,8-11H2,1H3/b19-13-. The van der Waals surface area contributed by atoms with Gasteiger partial charge in [-0.2, -0.15) is 0 Å². The fraction of sp³-hybridized carbons (Fsp3) is 0.238. The van der Waals surface area contributed by atoms with Crippen LogP contribution >= 0.6 is 11.3 Å². The van der Waals surface area contributed by atoms with Crippen molar-refractivity contribution in [2.24, 2.45) is 0 Å². The third kappa shape index (κ3) is 2.81. The number of fused-ring (bicyclic) bond motifs is 3. The van der Waals surface area contributed by atoms with Gasteiger partial charge in [0.2, 0.25) is 0 Å². The number of imidazole rings is 1. The molecular weight excluding hydrogens is 358 g/mol. The van der Waals surface area contributed by atoms with Gasteiger partial charge in [0.05, 0.1) is 28.8 Å². The second-order valence-electron chi connectivity index (χ2n) is 6.77. The van der Waals surface area contributed by atoms with Crippen LogP contribution in [-0.4, -0.2) is 35.7 Å². The number of benzene rings is 2. The Balaban J connectivity index is 1.58. The van der Waals surface area contributed by atoms with Gasteiger partial charge in [-0.05, 0) is 48.4 Å². The number of morpholine rings is 1. The SMILES string of the molecule is Cc1cc(N2CCOCC2)ccc1/C=c1\sc2nc3ccccc3n2c1=O. The topological polar surface area (TPSA) is 46.8 Å². The molecule has 1 aliphatic rings. The van der Waals surface area contributed by atoms with E-state index in [-0.39, 0.29) is 5.56 Å². The molecule has 0 spiro atoms. The fourth-order valence-corrected chi connectivity index (χ4v) is 4.57. The number of para-hydroxylation sites is 2. The van der Waals surface area contributed by atoms with E-state index in [1.165, 1.54) is 17.0 Å². The molecule has 1 fully saturated rings. The van der Waals surface area contributed by atoms with Crippen molar-refractivity contribution in [1.29, 1.82) is 0 Å². The summed E-state index contributed by atoms with van der Waals surface area (Å²) in [4.78, 5) is 20.6. The Kier molecular flexibility index (Phi) is 3.95. The Hall–Kier alpha value is -2.70. The van der Waals surface area contributed by atoms with Crippen molar-refractivity contribution >= 4 is 39.1 Å². The zero-order valence-corrected chi connectivity index (χ0v) is 15.8. The average Bonchev–Trinajstić information content (AvgIpc) is 3.20. The maximum absolute atomic E-state index is 12.9. The Morgan fingerprint density at radius 1 is 1.15 bits per heavy atom. The van der Waals surface area contributed by atoms with Crippen molar-refractivity contribution in [2.75, 3.05) is 31.2 Å². The quantitative estimate of drug-likeness (QED) is 0.539. The summed E-state index contributed by atoms with van der Waals surface area (Å²) < 4.78 is 7.85. The van der Waals surface area contributed by atoms with Gasteiger partial charge in [-0.25, -0.2) is 9.38 Å². The second kappa shape index (κ2) is 6.48. The number of thiazole rings is 1. The van der Waals surface area contributed by atoms with Gasteiger partial charge in [-0.1, -0.05) is 29.5 Å². The molecule has 0 amide bonds. The molecule has 1 saturated heterocycles. The zero-order valence-electron chi connectivity index (χ0n) is 15.0. The molecule has 3 heterocycles. The Morgan fingerprint density at radius 3 is 2.78 bits per heavy atom. The second-order valence-corrected chi connectivity index (χ2v) is 7.78. The monoisotopic (exact) mass is 377 g/mol. The molecule has 0 saturated carbocycles. The van der Waals surface area contributed by atoms with Crippen molar-refractivity contribution < 1.29 is 4.74 Å². The summed E-state index contributed by atoms with van der Waals surface area (Å²) in [5, 5.41) is 0. The third-order valence-electron chi connectivity index (χ3n) is 5.06. The molecule has 0 radical (unpaired) electrons. The zero-order chi connectivity index (χ0) is 18.4. The van der Waals surface area contributed by atoms with E-state index < -0.39 is 0 Å².